The van der Waals surface area contributed by atoms with Crippen LogP contribution in [0.15, 0.2) is 29.3 Å². The van der Waals surface area contributed by atoms with Crippen molar-refractivity contribution in [3.8, 4) is 0 Å². The second-order valence-electron chi connectivity index (χ2n) is 6.27. The van der Waals surface area contributed by atoms with Crippen LogP contribution in [-0.2, 0) is 16.1 Å². The van der Waals surface area contributed by atoms with E-state index in [2.05, 4.69) is 22.1 Å². The molecule has 0 bridgehead atoms. The van der Waals surface area contributed by atoms with Crippen molar-refractivity contribution in [3.05, 3.63) is 39.9 Å². The predicted molar refractivity (Wildman–Crippen MR) is 114 cm³/mol. The largest absolute Gasteiger partial charge is 0.469 e. The van der Waals surface area contributed by atoms with Gasteiger partial charge >= 0.3 is 5.97 Å². The van der Waals surface area contributed by atoms with Gasteiger partial charge < -0.3 is 15.0 Å². The number of nitro groups is 1. The number of non-ortho nitro benzene ring substituents is 1. The summed E-state index contributed by atoms with van der Waals surface area (Å²) in [6.07, 6.45) is 2.48. The Balaban J connectivity index is 0.00000364. The Bertz CT molecular complexity index is 643. The lowest BCUT2D eigenvalue weighted by Crippen LogP contribution is -2.46. The smallest absolute Gasteiger partial charge is 0.308 e. The summed E-state index contributed by atoms with van der Waals surface area (Å²) < 4.78 is 4.83. The molecule has 1 saturated heterocycles. The van der Waals surface area contributed by atoms with Crippen molar-refractivity contribution >= 4 is 41.6 Å². The Morgan fingerprint density at radius 3 is 2.48 bits per heavy atom. The molecule has 0 unspecified atom stereocenters. The molecule has 1 heterocycles. The quantitative estimate of drug-likeness (QED) is 0.165. The van der Waals surface area contributed by atoms with Gasteiger partial charge in [0.05, 0.1) is 24.5 Å². The van der Waals surface area contributed by atoms with Gasteiger partial charge in [-0.05, 0) is 24.8 Å². The molecule has 0 aromatic heterocycles. The van der Waals surface area contributed by atoms with E-state index in [-0.39, 0.29) is 41.6 Å². The lowest BCUT2D eigenvalue weighted by atomic mass is 9.97. The topological polar surface area (TPSA) is 97.1 Å². The van der Waals surface area contributed by atoms with Crippen molar-refractivity contribution in [2.45, 2.75) is 32.7 Å². The molecular formula is C18H27IN4O4. The molecule has 1 fully saturated rings. The number of benzene rings is 1. The van der Waals surface area contributed by atoms with E-state index in [4.69, 9.17) is 4.74 Å². The highest BCUT2D eigenvalue weighted by molar-refractivity contribution is 14.0. The molecule has 2 rings (SSSR count). The van der Waals surface area contributed by atoms with E-state index in [9.17, 15) is 14.9 Å². The molecule has 0 amide bonds. The van der Waals surface area contributed by atoms with Crippen molar-refractivity contribution in [3.63, 3.8) is 0 Å². The third-order valence-electron chi connectivity index (χ3n) is 4.42. The van der Waals surface area contributed by atoms with Gasteiger partial charge in [-0.25, -0.2) is 4.99 Å². The maximum atomic E-state index is 11.7. The maximum absolute atomic E-state index is 11.7. The number of likely N-dealkylation sites (tertiary alicyclic amines) is 1. The van der Waals surface area contributed by atoms with Crippen LogP contribution in [0.5, 0.6) is 0 Å². The van der Waals surface area contributed by atoms with Gasteiger partial charge in [-0.3, -0.25) is 14.9 Å². The van der Waals surface area contributed by atoms with Crippen LogP contribution in [-0.4, -0.2) is 48.5 Å². The van der Waals surface area contributed by atoms with Gasteiger partial charge in [-0.15, -0.1) is 24.0 Å². The molecule has 1 aliphatic rings. The van der Waals surface area contributed by atoms with Gasteiger partial charge in [0.15, 0.2) is 5.96 Å². The minimum Gasteiger partial charge on any atom is -0.469 e. The van der Waals surface area contributed by atoms with E-state index >= 15 is 0 Å². The number of halogens is 1. The Morgan fingerprint density at radius 2 is 1.96 bits per heavy atom. The summed E-state index contributed by atoms with van der Waals surface area (Å²) in [5.41, 5.74) is 0.989. The maximum Gasteiger partial charge on any atom is 0.308 e. The molecule has 0 spiro atoms. The number of nitro benzene ring substituents is 1. The summed E-state index contributed by atoms with van der Waals surface area (Å²) in [6.45, 7) is 4.84. The molecule has 1 aromatic carbocycles. The Kier molecular flexibility index (Phi) is 10.0. The number of hydrogen-bond acceptors (Lipinski definition) is 5. The highest BCUT2D eigenvalue weighted by Gasteiger charge is 2.26. The Hall–Kier alpha value is -1.91. The number of nitrogens with zero attached hydrogens (tertiary/aromatic N) is 3. The fraction of sp³-hybridized carbons (Fsp3) is 0.556. The van der Waals surface area contributed by atoms with E-state index in [0.717, 1.165) is 50.4 Å². The predicted octanol–water partition coefficient (Wildman–Crippen LogP) is 2.95. The first-order chi connectivity index (χ1) is 12.5. The van der Waals surface area contributed by atoms with Gasteiger partial charge in [0.2, 0.25) is 0 Å². The van der Waals surface area contributed by atoms with Crippen LogP contribution in [0.25, 0.3) is 0 Å². The number of carbonyl (C=O) groups excluding carboxylic acids is 1. The molecule has 1 aliphatic heterocycles. The first kappa shape index (κ1) is 23.1. The molecule has 1 aromatic rings. The summed E-state index contributed by atoms with van der Waals surface area (Å²) in [5, 5.41) is 14.1. The molecular weight excluding hydrogens is 463 g/mol. The number of esters is 1. The average Bonchev–Trinajstić information content (AvgIpc) is 2.68. The zero-order chi connectivity index (χ0) is 18.9. The normalized spacial score (nSPS) is 15.0. The number of carbonyl (C=O) groups is 1. The third-order valence-corrected chi connectivity index (χ3v) is 4.42. The average molecular weight is 490 g/mol. The molecule has 9 heteroatoms. The summed E-state index contributed by atoms with van der Waals surface area (Å²) in [6, 6.07) is 6.43. The minimum absolute atomic E-state index is 0. The standard InChI is InChI=1S/C18H26N4O4.HI/c1-3-10-19-18(21-11-8-15(9-12-21)17(23)26-2)20-13-14-4-6-16(7-5-14)22(24)25;/h4-7,15H,3,8-13H2,1-2H3,(H,19,20);1H. The number of rotatable bonds is 6. The molecule has 0 radical (unpaired) electrons. The van der Waals surface area contributed by atoms with Gasteiger partial charge in [-0.2, -0.15) is 0 Å². The van der Waals surface area contributed by atoms with Crippen LogP contribution in [0.4, 0.5) is 5.69 Å². The van der Waals surface area contributed by atoms with Crippen LogP contribution in [0.1, 0.15) is 31.7 Å². The monoisotopic (exact) mass is 490 g/mol. The Labute approximate surface area is 176 Å². The van der Waals surface area contributed by atoms with Crippen LogP contribution in [0.2, 0.25) is 0 Å². The SMILES string of the molecule is CCCNC(=NCc1ccc([N+](=O)[O-])cc1)N1CCC(C(=O)OC)CC1.I. The zero-order valence-electron chi connectivity index (χ0n) is 15.7. The van der Waals surface area contributed by atoms with Gasteiger partial charge in [0.1, 0.15) is 0 Å². The molecule has 1 N–H and O–H groups in total. The number of methoxy groups -OCH3 is 1. The number of hydrogen-bond donors (Lipinski definition) is 1. The number of piperidine rings is 1. The second-order valence-corrected chi connectivity index (χ2v) is 6.27. The summed E-state index contributed by atoms with van der Waals surface area (Å²) in [5.74, 6) is 0.627. The van der Waals surface area contributed by atoms with E-state index in [1.165, 1.54) is 19.2 Å². The zero-order valence-corrected chi connectivity index (χ0v) is 18.0. The molecule has 0 saturated carbocycles. The minimum atomic E-state index is -0.410. The summed E-state index contributed by atoms with van der Waals surface area (Å²) in [7, 11) is 1.43. The first-order valence-electron chi connectivity index (χ1n) is 8.89. The molecule has 150 valence electrons. The third kappa shape index (κ3) is 6.96. The van der Waals surface area contributed by atoms with Gasteiger partial charge in [-0.1, -0.05) is 19.1 Å². The van der Waals surface area contributed by atoms with E-state index in [0.29, 0.717) is 6.54 Å². The molecule has 0 aliphatic carbocycles. The Morgan fingerprint density at radius 1 is 1.33 bits per heavy atom. The van der Waals surface area contributed by atoms with Crippen molar-refractivity contribution in [1.29, 1.82) is 0 Å². The number of ether oxygens (including phenoxy) is 1. The molecule has 27 heavy (non-hydrogen) atoms. The van der Waals surface area contributed by atoms with Crippen molar-refractivity contribution < 1.29 is 14.5 Å². The van der Waals surface area contributed by atoms with Crippen LogP contribution in [0.3, 0.4) is 0 Å². The van der Waals surface area contributed by atoms with Crippen molar-refractivity contribution in [2.75, 3.05) is 26.7 Å². The van der Waals surface area contributed by atoms with Gasteiger partial charge in [0.25, 0.3) is 5.69 Å². The first-order valence-corrected chi connectivity index (χ1v) is 8.89. The van der Waals surface area contributed by atoms with Crippen LogP contribution < -0.4 is 5.32 Å². The molecule has 8 nitrogen and oxygen atoms in total. The highest BCUT2D eigenvalue weighted by atomic mass is 127. The second kappa shape index (κ2) is 11.7. The summed E-state index contributed by atoms with van der Waals surface area (Å²) in [4.78, 5) is 28.8. The van der Waals surface area contributed by atoms with Gasteiger partial charge in [0, 0.05) is 31.8 Å². The fourth-order valence-corrected chi connectivity index (χ4v) is 2.89. The number of nitrogens with one attached hydrogen (secondary N) is 1. The lowest BCUT2D eigenvalue weighted by molar-refractivity contribution is -0.384. The molecule has 0 atom stereocenters. The van der Waals surface area contributed by atoms with Crippen LogP contribution in [0, 0.1) is 16.0 Å². The fourth-order valence-electron chi connectivity index (χ4n) is 2.89. The highest BCUT2D eigenvalue weighted by Crippen LogP contribution is 2.19. The van der Waals surface area contributed by atoms with Crippen molar-refractivity contribution in [2.24, 2.45) is 10.9 Å². The van der Waals surface area contributed by atoms with Crippen molar-refractivity contribution in [1.82, 2.24) is 10.2 Å². The van der Waals surface area contributed by atoms with E-state index in [1.807, 2.05) is 0 Å². The van der Waals surface area contributed by atoms with E-state index in [1.54, 1.807) is 12.1 Å². The summed E-state index contributed by atoms with van der Waals surface area (Å²) >= 11 is 0. The number of guanidine groups is 1. The lowest BCUT2D eigenvalue weighted by Gasteiger charge is -2.33. The number of aliphatic imine (C=N–C) groups is 1. The van der Waals surface area contributed by atoms with E-state index < -0.39 is 4.92 Å². The van der Waals surface area contributed by atoms with Crippen LogP contribution >= 0.6 is 24.0 Å².